The largest absolute Gasteiger partial charge is 0.493 e. The molecular weight excluding hydrogens is 296 g/mol. The average molecular weight is 307 g/mol. The average Bonchev–Trinajstić information content (AvgIpc) is 3.02. The summed E-state index contributed by atoms with van der Waals surface area (Å²) < 4.78 is 10.9. The van der Waals surface area contributed by atoms with Crippen LogP contribution < -0.4 is 4.74 Å². The van der Waals surface area contributed by atoms with Gasteiger partial charge in [-0.05, 0) is 36.1 Å². The van der Waals surface area contributed by atoms with Crippen molar-refractivity contribution in [1.29, 1.82) is 0 Å². The van der Waals surface area contributed by atoms with Crippen molar-refractivity contribution in [3.8, 4) is 5.75 Å². The van der Waals surface area contributed by atoms with E-state index in [0.717, 1.165) is 10.9 Å². The molecule has 0 aliphatic carbocycles. The molecule has 5 heteroatoms. The van der Waals surface area contributed by atoms with Crippen molar-refractivity contribution in [3.63, 3.8) is 0 Å². The number of hydrogen-bond acceptors (Lipinski definition) is 4. The van der Waals surface area contributed by atoms with Crippen LogP contribution in [0.25, 0.3) is 11.0 Å². The SMILES string of the molecule is COc1cc(Cl)cc2cc(C(=O)c3sccc3C)oc12. The minimum absolute atomic E-state index is 0.119. The van der Waals surface area contributed by atoms with Crippen molar-refractivity contribution in [2.24, 2.45) is 0 Å². The maximum absolute atomic E-state index is 12.4. The number of benzene rings is 1. The van der Waals surface area contributed by atoms with Crippen LogP contribution in [0.15, 0.2) is 34.1 Å². The number of carbonyl (C=O) groups is 1. The van der Waals surface area contributed by atoms with E-state index in [9.17, 15) is 4.79 Å². The van der Waals surface area contributed by atoms with Crippen molar-refractivity contribution in [1.82, 2.24) is 0 Å². The van der Waals surface area contributed by atoms with Gasteiger partial charge in [-0.1, -0.05) is 11.6 Å². The molecule has 0 fully saturated rings. The first kappa shape index (κ1) is 13.2. The Labute approximate surface area is 124 Å². The fourth-order valence-electron chi connectivity index (χ4n) is 2.07. The first-order valence-electron chi connectivity index (χ1n) is 5.96. The normalized spacial score (nSPS) is 10.9. The van der Waals surface area contributed by atoms with Gasteiger partial charge in [0.2, 0.25) is 5.78 Å². The van der Waals surface area contributed by atoms with Gasteiger partial charge in [-0.25, -0.2) is 0 Å². The highest BCUT2D eigenvalue weighted by molar-refractivity contribution is 7.12. The zero-order valence-corrected chi connectivity index (χ0v) is 12.5. The Bertz CT molecular complexity index is 801. The Morgan fingerprint density at radius 1 is 1.35 bits per heavy atom. The number of rotatable bonds is 3. The van der Waals surface area contributed by atoms with E-state index in [1.54, 1.807) is 25.3 Å². The molecule has 0 unspecified atom stereocenters. The van der Waals surface area contributed by atoms with Crippen LogP contribution >= 0.6 is 22.9 Å². The van der Waals surface area contributed by atoms with Gasteiger partial charge >= 0.3 is 0 Å². The zero-order chi connectivity index (χ0) is 14.3. The quantitative estimate of drug-likeness (QED) is 0.659. The lowest BCUT2D eigenvalue weighted by atomic mass is 10.1. The van der Waals surface area contributed by atoms with Crippen molar-refractivity contribution in [3.05, 3.63) is 50.9 Å². The third-order valence-corrected chi connectivity index (χ3v) is 4.29. The Kier molecular flexibility index (Phi) is 3.28. The Hall–Kier alpha value is -1.78. The third-order valence-electron chi connectivity index (χ3n) is 3.06. The third kappa shape index (κ3) is 2.11. The van der Waals surface area contributed by atoms with Crippen molar-refractivity contribution in [2.45, 2.75) is 6.92 Å². The minimum Gasteiger partial charge on any atom is -0.493 e. The molecule has 0 radical (unpaired) electrons. The summed E-state index contributed by atoms with van der Waals surface area (Å²) in [5.74, 6) is 0.701. The smallest absolute Gasteiger partial charge is 0.238 e. The molecule has 0 amide bonds. The molecule has 1 aromatic carbocycles. The topological polar surface area (TPSA) is 39.4 Å². The summed E-state index contributed by atoms with van der Waals surface area (Å²) in [5, 5.41) is 3.19. The van der Waals surface area contributed by atoms with E-state index < -0.39 is 0 Å². The molecular formula is C15H11ClO3S. The zero-order valence-electron chi connectivity index (χ0n) is 10.9. The van der Waals surface area contributed by atoms with Crippen LogP contribution in [0.1, 0.15) is 21.0 Å². The summed E-state index contributed by atoms with van der Waals surface area (Å²) in [7, 11) is 1.54. The monoisotopic (exact) mass is 306 g/mol. The molecule has 0 aliphatic rings. The molecule has 0 saturated carbocycles. The molecule has 3 rings (SSSR count). The lowest BCUT2D eigenvalue weighted by Gasteiger charge is -2.00. The Balaban J connectivity index is 2.14. The van der Waals surface area contributed by atoms with Crippen LogP contribution in [-0.4, -0.2) is 12.9 Å². The molecule has 3 aromatic rings. The molecule has 0 saturated heterocycles. The fourth-order valence-corrected chi connectivity index (χ4v) is 3.15. The number of ketones is 1. The number of carbonyl (C=O) groups excluding carboxylic acids is 1. The van der Waals surface area contributed by atoms with Crippen LogP contribution in [0.5, 0.6) is 5.75 Å². The van der Waals surface area contributed by atoms with E-state index >= 15 is 0 Å². The summed E-state index contributed by atoms with van der Waals surface area (Å²) >= 11 is 7.42. The summed E-state index contributed by atoms with van der Waals surface area (Å²) in [6.07, 6.45) is 0. The predicted molar refractivity (Wildman–Crippen MR) is 80.3 cm³/mol. The second kappa shape index (κ2) is 4.96. The summed E-state index contributed by atoms with van der Waals surface area (Å²) in [4.78, 5) is 13.1. The standard InChI is InChI=1S/C15H11ClO3S/c1-8-3-4-20-15(8)13(17)11-6-9-5-10(16)7-12(18-2)14(9)19-11/h3-7H,1-2H3. The van der Waals surface area contributed by atoms with Gasteiger partial charge in [-0.2, -0.15) is 0 Å². The molecule has 0 atom stereocenters. The van der Waals surface area contributed by atoms with Gasteiger partial charge in [0.05, 0.1) is 12.0 Å². The second-order valence-electron chi connectivity index (χ2n) is 4.40. The number of furan rings is 1. The molecule has 102 valence electrons. The van der Waals surface area contributed by atoms with E-state index in [2.05, 4.69) is 0 Å². The first-order valence-corrected chi connectivity index (χ1v) is 7.22. The maximum Gasteiger partial charge on any atom is 0.238 e. The second-order valence-corrected chi connectivity index (χ2v) is 5.75. The number of hydrogen-bond donors (Lipinski definition) is 0. The summed E-state index contributed by atoms with van der Waals surface area (Å²) in [6, 6.07) is 7.03. The van der Waals surface area contributed by atoms with Gasteiger partial charge in [0, 0.05) is 16.5 Å². The van der Waals surface area contributed by atoms with Crippen LogP contribution in [0.3, 0.4) is 0 Å². The van der Waals surface area contributed by atoms with Gasteiger partial charge in [-0.15, -0.1) is 11.3 Å². The summed E-state index contributed by atoms with van der Waals surface area (Å²) in [6.45, 7) is 1.91. The molecule has 3 nitrogen and oxygen atoms in total. The molecule has 0 bridgehead atoms. The van der Waals surface area contributed by atoms with Gasteiger partial charge < -0.3 is 9.15 Å². The predicted octanol–water partition coefficient (Wildman–Crippen LogP) is 4.70. The van der Waals surface area contributed by atoms with E-state index in [-0.39, 0.29) is 5.78 Å². The van der Waals surface area contributed by atoms with Crippen LogP contribution in [-0.2, 0) is 0 Å². The van der Waals surface area contributed by atoms with E-state index in [1.165, 1.54) is 11.3 Å². The van der Waals surface area contributed by atoms with Crippen molar-refractivity contribution >= 4 is 39.7 Å². The lowest BCUT2D eigenvalue weighted by molar-refractivity contribution is 0.101. The molecule has 0 aliphatic heterocycles. The number of methoxy groups -OCH3 is 1. The molecule has 2 heterocycles. The highest BCUT2D eigenvalue weighted by Crippen LogP contribution is 2.33. The van der Waals surface area contributed by atoms with Crippen LogP contribution in [0, 0.1) is 6.92 Å². The van der Waals surface area contributed by atoms with E-state index in [1.807, 2.05) is 18.4 Å². The minimum atomic E-state index is -0.119. The molecule has 0 N–H and O–H groups in total. The molecule has 0 spiro atoms. The van der Waals surface area contributed by atoms with Gasteiger partial charge in [0.25, 0.3) is 0 Å². The van der Waals surface area contributed by atoms with Crippen LogP contribution in [0.2, 0.25) is 5.02 Å². The maximum atomic E-state index is 12.4. The van der Waals surface area contributed by atoms with Gasteiger partial charge in [0.15, 0.2) is 17.1 Å². The highest BCUT2D eigenvalue weighted by Gasteiger charge is 2.19. The summed E-state index contributed by atoms with van der Waals surface area (Å²) in [5.41, 5.74) is 1.49. The fraction of sp³-hybridized carbons (Fsp3) is 0.133. The van der Waals surface area contributed by atoms with Gasteiger partial charge in [0.1, 0.15) is 0 Å². The van der Waals surface area contributed by atoms with Crippen LogP contribution in [0.4, 0.5) is 0 Å². The first-order chi connectivity index (χ1) is 9.60. The molecule has 2 aromatic heterocycles. The molecule has 20 heavy (non-hydrogen) atoms. The Morgan fingerprint density at radius 2 is 2.15 bits per heavy atom. The number of ether oxygens (including phenoxy) is 1. The van der Waals surface area contributed by atoms with E-state index in [4.69, 9.17) is 20.8 Å². The lowest BCUT2D eigenvalue weighted by Crippen LogP contribution is -1.97. The van der Waals surface area contributed by atoms with Crippen molar-refractivity contribution in [2.75, 3.05) is 7.11 Å². The number of thiophene rings is 1. The van der Waals surface area contributed by atoms with Gasteiger partial charge in [-0.3, -0.25) is 4.79 Å². The number of aryl methyl sites for hydroxylation is 1. The number of halogens is 1. The van der Waals surface area contributed by atoms with Crippen molar-refractivity contribution < 1.29 is 13.9 Å². The highest BCUT2D eigenvalue weighted by atomic mass is 35.5. The number of fused-ring (bicyclic) bond motifs is 1. The Morgan fingerprint density at radius 3 is 2.80 bits per heavy atom. The van der Waals surface area contributed by atoms with E-state index in [0.29, 0.717) is 27.0 Å².